The van der Waals surface area contributed by atoms with Gasteiger partial charge < -0.3 is 10.4 Å². The Labute approximate surface area is 86.6 Å². The van der Waals surface area contributed by atoms with Crippen molar-refractivity contribution in [3.8, 4) is 0 Å². The van der Waals surface area contributed by atoms with Gasteiger partial charge in [0.05, 0.1) is 6.54 Å². The number of rotatable bonds is 2. The molecule has 0 saturated heterocycles. The van der Waals surface area contributed by atoms with Crippen molar-refractivity contribution < 1.29 is 0 Å². The second-order valence-electron chi connectivity index (χ2n) is 2.97. The fourth-order valence-corrected chi connectivity index (χ4v) is 1.40. The highest BCUT2D eigenvalue weighted by molar-refractivity contribution is 7.71. The van der Waals surface area contributed by atoms with Gasteiger partial charge in [-0.2, -0.15) is 4.79 Å². The van der Waals surface area contributed by atoms with Crippen molar-refractivity contribution in [3.63, 3.8) is 0 Å². The lowest BCUT2D eigenvalue weighted by molar-refractivity contribution is 0.754. The van der Waals surface area contributed by atoms with E-state index in [0.717, 1.165) is 0 Å². The van der Waals surface area contributed by atoms with E-state index in [1.54, 1.807) is 6.33 Å². The van der Waals surface area contributed by atoms with Crippen molar-refractivity contribution in [2.45, 2.75) is 6.54 Å². The quantitative estimate of drug-likeness (QED) is 0.593. The zero-order valence-electron chi connectivity index (χ0n) is 7.50. The zero-order valence-corrected chi connectivity index (χ0v) is 8.31. The van der Waals surface area contributed by atoms with E-state index < -0.39 is 0 Å². The molecular weight excluding hydrogens is 196 g/mol. The number of nitrogen functional groups attached to an aromatic ring is 1. The third-order valence-corrected chi connectivity index (χ3v) is 2.37. The summed E-state index contributed by atoms with van der Waals surface area (Å²) in [4.78, 5) is 1.19. The van der Waals surface area contributed by atoms with Crippen molar-refractivity contribution in [1.82, 2.24) is 14.5 Å². The topological polar surface area (TPSA) is 48.8 Å². The monoisotopic (exact) mass is 206 g/mol. The molecule has 2 aromatic rings. The van der Waals surface area contributed by atoms with Gasteiger partial charge in [-0.1, -0.05) is 30.3 Å². The second kappa shape index (κ2) is 3.63. The van der Waals surface area contributed by atoms with Crippen LogP contribution in [0.15, 0.2) is 36.7 Å². The lowest BCUT2D eigenvalue weighted by Crippen LogP contribution is -2.11. The first-order valence-electron chi connectivity index (χ1n) is 4.21. The van der Waals surface area contributed by atoms with Crippen LogP contribution in [0.25, 0.3) is 0 Å². The average molecular weight is 206 g/mol. The predicted molar refractivity (Wildman–Crippen MR) is 56.7 cm³/mol. The van der Waals surface area contributed by atoms with Crippen LogP contribution in [-0.4, -0.2) is 14.5 Å². The van der Waals surface area contributed by atoms with Crippen molar-refractivity contribution in [1.29, 1.82) is 0 Å². The lowest BCUT2D eigenvalue weighted by atomic mass is 10.2. The Bertz CT molecular complexity index is 471. The maximum absolute atomic E-state index is 5.47. The van der Waals surface area contributed by atoms with Gasteiger partial charge in [0, 0.05) is 0 Å². The summed E-state index contributed by atoms with van der Waals surface area (Å²) >= 11 is 5.06. The zero-order chi connectivity index (χ0) is 9.97. The Morgan fingerprint density at radius 2 is 2.00 bits per heavy atom. The van der Waals surface area contributed by atoms with Crippen LogP contribution >= 0.6 is 12.2 Å². The molecule has 0 bridgehead atoms. The van der Waals surface area contributed by atoms with E-state index in [9.17, 15) is 0 Å². The summed E-state index contributed by atoms with van der Waals surface area (Å²) in [6, 6.07) is 10.0. The molecule has 5 heteroatoms. The van der Waals surface area contributed by atoms with Gasteiger partial charge in [-0.05, 0) is 17.8 Å². The summed E-state index contributed by atoms with van der Waals surface area (Å²) in [5.41, 5.74) is 1.18. The van der Waals surface area contributed by atoms with Crippen LogP contribution in [0.2, 0.25) is 0 Å². The third-order valence-electron chi connectivity index (χ3n) is 1.95. The SMILES string of the molecule is Nn1ncn(Cc2ccccc2)c1=S. The van der Waals surface area contributed by atoms with E-state index in [1.807, 2.05) is 34.9 Å². The summed E-state index contributed by atoms with van der Waals surface area (Å²) in [6.07, 6.45) is 1.63. The van der Waals surface area contributed by atoms with Gasteiger partial charge in [-0.25, -0.2) is 0 Å². The van der Waals surface area contributed by atoms with Gasteiger partial charge in [-0.3, -0.25) is 0 Å². The summed E-state index contributed by atoms with van der Waals surface area (Å²) in [7, 11) is 0. The first-order chi connectivity index (χ1) is 6.77. The normalized spacial score (nSPS) is 10.3. The van der Waals surface area contributed by atoms with Crippen LogP contribution in [0.1, 0.15) is 5.56 Å². The Hall–Kier alpha value is -1.62. The maximum Gasteiger partial charge on any atom is 0.219 e. The fraction of sp³-hybridized carbons (Fsp3) is 0.111. The summed E-state index contributed by atoms with van der Waals surface area (Å²) in [5.74, 6) is 5.47. The highest BCUT2D eigenvalue weighted by Gasteiger charge is 1.98. The Morgan fingerprint density at radius 1 is 1.29 bits per heavy atom. The van der Waals surface area contributed by atoms with Gasteiger partial charge in [-0.15, -0.1) is 5.10 Å². The fourth-order valence-electron chi connectivity index (χ4n) is 1.24. The molecule has 0 atom stereocenters. The highest BCUT2D eigenvalue weighted by atomic mass is 32.1. The van der Waals surface area contributed by atoms with Crippen LogP contribution in [0.5, 0.6) is 0 Å². The molecular formula is C9H10N4S. The van der Waals surface area contributed by atoms with E-state index >= 15 is 0 Å². The predicted octanol–water partition coefficient (Wildman–Crippen LogP) is 1.18. The molecule has 0 amide bonds. The molecule has 1 heterocycles. The van der Waals surface area contributed by atoms with Crippen molar-refractivity contribution >= 4 is 12.2 Å². The minimum Gasteiger partial charge on any atom is -0.320 e. The average Bonchev–Trinajstić information content (AvgIpc) is 2.52. The third kappa shape index (κ3) is 1.67. The first-order valence-corrected chi connectivity index (χ1v) is 4.61. The summed E-state index contributed by atoms with van der Waals surface area (Å²) in [5, 5.41) is 3.87. The molecule has 4 nitrogen and oxygen atoms in total. The molecule has 0 saturated carbocycles. The number of nitrogens with two attached hydrogens (primary N) is 1. The number of aromatic nitrogens is 3. The van der Waals surface area contributed by atoms with Gasteiger partial charge in [0.25, 0.3) is 0 Å². The van der Waals surface area contributed by atoms with Gasteiger partial charge in [0.15, 0.2) is 0 Å². The van der Waals surface area contributed by atoms with Gasteiger partial charge >= 0.3 is 0 Å². The standard InChI is InChI=1S/C9H10N4S/c10-13-9(14)12(7-11-13)6-8-4-2-1-3-5-8/h1-5,7H,6,10H2. The van der Waals surface area contributed by atoms with E-state index in [1.165, 1.54) is 10.4 Å². The van der Waals surface area contributed by atoms with E-state index in [4.69, 9.17) is 18.1 Å². The molecule has 0 fully saturated rings. The Morgan fingerprint density at radius 3 is 2.57 bits per heavy atom. The minimum absolute atomic E-state index is 0.522. The number of nitrogens with zero attached hydrogens (tertiary/aromatic N) is 3. The molecule has 0 aliphatic rings. The number of hydrogen-bond donors (Lipinski definition) is 1. The second-order valence-corrected chi connectivity index (χ2v) is 3.34. The Kier molecular flexibility index (Phi) is 2.32. The van der Waals surface area contributed by atoms with Crippen molar-refractivity contribution in [3.05, 3.63) is 47.0 Å². The van der Waals surface area contributed by atoms with Crippen LogP contribution in [-0.2, 0) is 6.54 Å². The van der Waals surface area contributed by atoms with E-state index in [-0.39, 0.29) is 0 Å². The van der Waals surface area contributed by atoms with E-state index in [2.05, 4.69) is 5.10 Å². The molecule has 72 valence electrons. The molecule has 1 aromatic heterocycles. The molecule has 0 unspecified atom stereocenters. The minimum atomic E-state index is 0.522. The van der Waals surface area contributed by atoms with Crippen molar-refractivity contribution in [2.24, 2.45) is 0 Å². The molecule has 0 radical (unpaired) electrons. The molecule has 2 N–H and O–H groups in total. The Balaban J connectivity index is 2.28. The van der Waals surface area contributed by atoms with Crippen LogP contribution in [0, 0.1) is 4.77 Å². The van der Waals surface area contributed by atoms with Crippen LogP contribution in [0.3, 0.4) is 0 Å². The van der Waals surface area contributed by atoms with Gasteiger partial charge in [0.2, 0.25) is 4.77 Å². The molecule has 14 heavy (non-hydrogen) atoms. The first kappa shape index (κ1) is 8.96. The number of hydrogen-bond acceptors (Lipinski definition) is 3. The van der Waals surface area contributed by atoms with Crippen molar-refractivity contribution in [2.75, 3.05) is 5.84 Å². The smallest absolute Gasteiger partial charge is 0.219 e. The van der Waals surface area contributed by atoms with Crippen LogP contribution < -0.4 is 5.84 Å². The summed E-state index contributed by atoms with van der Waals surface area (Å²) in [6.45, 7) is 0.705. The van der Waals surface area contributed by atoms with E-state index in [0.29, 0.717) is 11.3 Å². The largest absolute Gasteiger partial charge is 0.320 e. The molecule has 1 aromatic carbocycles. The van der Waals surface area contributed by atoms with Gasteiger partial charge in [0.1, 0.15) is 6.33 Å². The molecule has 0 aliphatic heterocycles. The molecule has 0 spiro atoms. The highest BCUT2D eigenvalue weighted by Crippen LogP contribution is 2.02. The maximum atomic E-state index is 5.47. The molecule has 2 rings (SSSR count). The lowest BCUT2D eigenvalue weighted by Gasteiger charge is -2.00. The van der Waals surface area contributed by atoms with Crippen LogP contribution in [0.4, 0.5) is 0 Å². The number of benzene rings is 1. The summed E-state index contributed by atoms with van der Waals surface area (Å²) < 4.78 is 2.35. The molecule has 0 aliphatic carbocycles.